The first-order valence-corrected chi connectivity index (χ1v) is 11.5. The first-order chi connectivity index (χ1) is 14.2. The van der Waals surface area contributed by atoms with Crippen molar-refractivity contribution < 1.29 is 14.7 Å². The summed E-state index contributed by atoms with van der Waals surface area (Å²) in [5.41, 5.74) is 2.68. The lowest BCUT2D eigenvalue weighted by Crippen LogP contribution is -2.56. The lowest BCUT2D eigenvalue weighted by molar-refractivity contribution is -0.137. The maximum absolute atomic E-state index is 13.0. The zero-order chi connectivity index (χ0) is 23.6. The molecule has 1 aromatic carbocycles. The Morgan fingerprint density at radius 3 is 2.42 bits per heavy atom. The fraction of sp³-hybridized carbons (Fsp3) is 0.600. The lowest BCUT2D eigenvalue weighted by Gasteiger charge is -2.44. The van der Waals surface area contributed by atoms with Crippen molar-refractivity contribution in [2.24, 2.45) is 11.3 Å². The first kappa shape index (κ1) is 25.3. The smallest absolute Gasteiger partial charge is 0.322 e. The number of carbonyl (C=O) groups excluding carboxylic acids is 1. The van der Waals surface area contributed by atoms with Gasteiger partial charge in [0, 0.05) is 23.7 Å². The number of aryl methyl sites for hydroxylation is 1. The SMILES string of the molecule is CC(C)C1=CN(C(C)CCC(=O)O)C(=O)NC1(C)c1ccc(CCC(C)(C)C)c(Cl)c1. The first-order valence-electron chi connectivity index (χ1n) is 11.1. The van der Waals surface area contributed by atoms with Crippen molar-refractivity contribution in [1.82, 2.24) is 10.2 Å². The quantitative estimate of drug-likeness (QED) is 0.486. The van der Waals surface area contributed by atoms with Crippen LogP contribution in [0, 0.1) is 11.3 Å². The van der Waals surface area contributed by atoms with Crippen LogP contribution in [0.5, 0.6) is 0 Å². The molecule has 6 heteroatoms. The highest BCUT2D eigenvalue weighted by Gasteiger charge is 2.40. The van der Waals surface area contributed by atoms with Crippen LogP contribution in [0.15, 0.2) is 30.0 Å². The molecule has 5 nitrogen and oxygen atoms in total. The highest BCUT2D eigenvalue weighted by Crippen LogP contribution is 2.39. The Labute approximate surface area is 191 Å². The molecule has 31 heavy (non-hydrogen) atoms. The molecule has 2 atom stereocenters. The minimum atomic E-state index is -0.858. The highest BCUT2D eigenvalue weighted by molar-refractivity contribution is 6.31. The number of amides is 2. The zero-order valence-electron chi connectivity index (χ0n) is 19.9. The van der Waals surface area contributed by atoms with Crippen molar-refractivity contribution in [3.63, 3.8) is 0 Å². The molecule has 1 heterocycles. The molecule has 0 spiro atoms. The minimum absolute atomic E-state index is 0.0265. The van der Waals surface area contributed by atoms with Gasteiger partial charge in [0.15, 0.2) is 0 Å². The summed E-state index contributed by atoms with van der Waals surface area (Å²) < 4.78 is 0. The number of rotatable bonds is 8. The minimum Gasteiger partial charge on any atom is -0.481 e. The van der Waals surface area contributed by atoms with E-state index in [2.05, 4.69) is 52.1 Å². The molecule has 0 aliphatic carbocycles. The zero-order valence-corrected chi connectivity index (χ0v) is 20.6. The number of nitrogens with one attached hydrogen (secondary N) is 1. The van der Waals surface area contributed by atoms with Crippen LogP contribution in [-0.4, -0.2) is 28.0 Å². The summed E-state index contributed by atoms with van der Waals surface area (Å²) in [5, 5.41) is 12.9. The van der Waals surface area contributed by atoms with Crippen LogP contribution >= 0.6 is 11.6 Å². The fourth-order valence-corrected chi connectivity index (χ4v) is 4.30. The number of hydrogen-bond acceptors (Lipinski definition) is 2. The summed E-state index contributed by atoms with van der Waals surface area (Å²) in [5.74, 6) is -0.678. The van der Waals surface area contributed by atoms with Gasteiger partial charge in [-0.05, 0) is 67.2 Å². The van der Waals surface area contributed by atoms with Gasteiger partial charge in [-0.3, -0.25) is 9.69 Å². The average molecular weight is 449 g/mol. The summed E-state index contributed by atoms with van der Waals surface area (Å²) in [6, 6.07) is 5.67. The molecule has 0 radical (unpaired) electrons. The number of nitrogens with zero attached hydrogens (tertiary/aromatic N) is 1. The van der Waals surface area contributed by atoms with Gasteiger partial charge in [0.25, 0.3) is 0 Å². The van der Waals surface area contributed by atoms with Crippen LogP contribution in [0.2, 0.25) is 5.02 Å². The van der Waals surface area contributed by atoms with Crippen LogP contribution in [0.4, 0.5) is 4.79 Å². The molecule has 0 saturated carbocycles. The van der Waals surface area contributed by atoms with E-state index in [0.717, 1.165) is 34.6 Å². The molecule has 2 unspecified atom stereocenters. The second-order valence-corrected chi connectivity index (χ2v) is 10.8. The second kappa shape index (κ2) is 9.64. The maximum atomic E-state index is 13.0. The van der Waals surface area contributed by atoms with Crippen molar-refractivity contribution in [2.45, 2.75) is 85.7 Å². The van der Waals surface area contributed by atoms with E-state index < -0.39 is 11.5 Å². The van der Waals surface area contributed by atoms with E-state index in [9.17, 15) is 9.59 Å². The number of hydrogen-bond donors (Lipinski definition) is 2. The van der Waals surface area contributed by atoms with E-state index in [4.69, 9.17) is 16.7 Å². The molecule has 2 amide bonds. The van der Waals surface area contributed by atoms with E-state index >= 15 is 0 Å². The van der Waals surface area contributed by atoms with E-state index in [1.54, 1.807) is 4.90 Å². The van der Waals surface area contributed by atoms with Crippen LogP contribution < -0.4 is 5.32 Å². The van der Waals surface area contributed by atoms with Gasteiger partial charge < -0.3 is 10.4 Å². The molecule has 1 aliphatic heterocycles. The third-order valence-corrected chi connectivity index (χ3v) is 6.45. The molecule has 2 rings (SSSR count). The van der Waals surface area contributed by atoms with Crippen LogP contribution in [0.25, 0.3) is 0 Å². The number of carbonyl (C=O) groups is 2. The summed E-state index contributed by atoms with van der Waals surface area (Å²) in [4.78, 5) is 25.6. The summed E-state index contributed by atoms with van der Waals surface area (Å²) >= 11 is 6.65. The normalized spacial score (nSPS) is 20.5. The largest absolute Gasteiger partial charge is 0.481 e. The Bertz CT molecular complexity index is 857. The summed E-state index contributed by atoms with van der Waals surface area (Å²) in [7, 11) is 0. The van der Waals surface area contributed by atoms with Crippen LogP contribution in [-0.2, 0) is 16.8 Å². The molecular formula is C25H37ClN2O3. The monoisotopic (exact) mass is 448 g/mol. The van der Waals surface area contributed by atoms with Gasteiger partial charge in [-0.1, -0.05) is 58.4 Å². The third kappa shape index (κ3) is 6.25. The molecule has 2 N–H and O–H groups in total. The number of carboxylic acid groups (broad SMARTS) is 1. The Morgan fingerprint density at radius 1 is 1.26 bits per heavy atom. The number of carboxylic acids is 1. The van der Waals surface area contributed by atoms with Gasteiger partial charge in [-0.25, -0.2) is 4.79 Å². The predicted octanol–water partition coefficient (Wildman–Crippen LogP) is 6.35. The molecule has 0 aromatic heterocycles. The number of benzene rings is 1. The maximum Gasteiger partial charge on any atom is 0.322 e. The van der Waals surface area contributed by atoms with E-state index in [0.29, 0.717) is 6.42 Å². The van der Waals surface area contributed by atoms with Crippen molar-refractivity contribution >= 4 is 23.6 Å². The molecule has 1 aromatic rings. The van der Waals surface area contributed by atoms with Crippen molar-refractivity contribution in [3.8, 4) is 0 Å². The van der Waals surface area contributed by atoms with E-state index in [-0.39, 0.29) is 29.8 Å². The number of halogens is 1. The topological polar surface area (TPSA) is 69.6 Å². The van der Waals surface area contributed by atoms with Gasteiger partial charge in [0.05, 0.1) is 5.54 Å². The predicted molar refractivity (Wildman–Crippen MR) is 126 cm³/mol. The van der Waals surface area contributed by atoms with Crippen molar-refractivity contribution in [3.05, 3.63) is 46.1 Å². The standard InChI is InChI=1S/C25H37ClN2O3/c1-16(2)20-15-28(17(3)8-11-22(29)30)23(31)27-25(20,7)19-10-9-18(21(26)14-19)12-13-24(4,5)6/h9-10,14-17H,8,11-13H2,1-7H3,(H,27,31)(H,29,30). The molecular weight excluding hydrogens is 412 g/mol. The molecule has 172 valence electrons. The highest BCUT2D eigenvalue weighted by atomic mass is 35.5. The van der Waals surface area contributed by atoms with E-state index in [1.807, 2.05) is 26.1 Å². The Kier molecular flexibility index (Phi) is 7.85. The molecule has 0 fully saturated rings. The van der Waals surface area contributed by atoms with Gasteiger partial charge in [0.1, 0.15) is 0 Å². The number of urea groups is 1. The summed E-state index contributed by atoms with van der Waals surface area (Å²) in [6.45, 7) is 14.7. The molecule has 0 saturated heterocycles. The molecule has 0 bridgehead atoms. The molecule has 1 aliphatic rings. The van der Waals surface area contributed by atoms with Crippen LogP contribution in [0.1, 0.15) is 78.9 Å². The van der Waals surface area contributed by atoms with Gasteiger partial charge in [0.2, 0.25) is 0 Å². The van der Waals surface area contributed by atoms with Crippen molar-refractivity contribution in [2.75, 3.05) is 0 Å². The second-order valence-electron chi connectivity index (χ2n) is 10.3. The lowest BCUT2D eigenvalue weighted by atomic mass is 9.77. The van der Waals surface area contributed by atoms with Gasteiger partial charge >= 0.3 is 12.0 Å². The third-order valence-electron chi connectivity index (χ3n) is 6.09. The van der Waals surface area contributed by atoms with Gasteiger partial charge in [-0.15, -0.1) is 0 Å². The number of aliphatic carboxylic acids is 1. The van der Waals surface area contributed by atoms with E-state index in [1.165, 1.54) is 0 Å². The Hall–Kier alpha value is -2.01. The Balaban J connectivity index is 2.36. The fourth-order valence-electron chi connectivity index (χ4n) is 4.02. The average Bonchev–Trinajstić information content (AvgIpc) is 2.64. The summed E-state index contributed by atoms with van der Waals surface area (Å²) in [6.07, 6.45) is 4.28. The van der Waals surface area contributed by atoms with Crippen LogP contribution in [0.3, 0.4) is 0 Å². The van der Waals surface area contributed by atoms with Crippen molar-refractivity contribution in [1.29, 1.82) is 0 Å². The Morgan fingerprint density at radius 2 is 1.90 bits per heavy atom. The van der Waals surface area contributed by atoms with Gasteiger partial charge in [-0.2, -0.15) is 0 Å².